The van der Waals surface area contributed by atoms with E-state index in [1.807, 2.05) is 31.2 Å². The van der Waals surface area contributed by atoms with E-state index in [1.54, 1.807) is 49.5 Å². The Morgan fingerprint density at radius 2 is 1.52 bits per heavy atom. The van der Waals surface area contributed by atoms with Crippen molar-refractivity contribution in [1.82, 2.24) is 4.90 Å². The first-order valence-electron chi connectivity index (χ1n) is 16.6. The molecule has 1 aliphatic rings. The Kier molecular flexibility index (Phi) is 13.6. The number of carboxylic acids is 1. The zero-order valence-corrected chi connectivity index (χ0v) is 29.6. The molecule has 1 amide bonds. The second kappa shape index (κ2) is 18.0. The molecule has 0 aliphatic carbocycles. The predicted molar refractivity (Wildman–Crippen MR) is 185 cm³/mol. The van der Waals surface area contributed by atoms with Gasteiger partial charge < -0.3 is 43.2 Å². The largest absolute Gasteiger partial charge is 0.493 e. The smallest absolute Gasteiger partial charge is 0.341 e. The molecule has 1 N–H and O–H groups in total. The Hall–Kier alpha value is -5.13. The number of likely N-dealkylation sites (tertiary alicyclic amines) is 1. The zero-order valence-electron chi connectivity index (χ0n) is 29.6. The van der Waals surface area contributed by atoms with Crippen LogP contribution in [0.15, 0.2) is 54.6 Å². The number of esters is 1. The lowest BCUT2D eigenvalue weighted by Crippen LogP contribution is -2.50. The molecule has 4 rings (SSSR count). The van der Waals surface area contributed by atoms with Gasteiger partial charge in [0.25, 0.3) is 0 Å². The number of aryl methyl sites for hydroxylation is 1. The number of piperidine rings is 1. The Bertz CT molecular complexity index is 1600. The summed E-state index contributed by atoms with van der Waals surface area (Å²) < 4.78 is 39.1. The summed E-state index contributed by atoms with van der Waals surface area (Å²) in [7, 11) is 7.70. The lowest BCUT2D eigenvalue weighted by atomic mass is 9.91. The van der Waals surface area contributed by atoms with Gasteiger partial charge in [-0.25, -0.2) is 9.59 Å². The van der Waals surface area contributed by atoms with E-state index in [4.69, 9.17) is 38.3 Å². The number of hydrogen-bond donors (Lipinski definition) is 1. The molecule has 50 heavy (non-hydrogen) atoms. The number of hydrogen-bond acceptors (Lipinski definition) is 10. The van der Waals surface area contributed by atoms with Gasteiger partial charge in [0.15, 0.2) is 29.6 Å². The van der Waals surface area contributed by atoms with Crippen molar-refractivity contribution in [3.8, 4) is 34.5 Å². The molecule has 0 radical (unpaired) electrons. The Labute approximate surface area is 293 Å². The normalized spacial score (nSPS) is 15.3. The summed E-state index contributed by atoms with van der Waals surface area (Å²) in [4.78, 5) is 41.2. The maximum Gasteiger partial charge on any atom is 0.341 e. The van der Waals surface area contributed by atoms with E-state index < -0.39 is 36.6 Å². The molecule has 1 fully saturated rings. The van der Waals surface area contributed by atoms with Crippen molar-refractivity contribution < 1.29 is 52.6 Å². The van der Waals surface area contributed by atoms with Gasteiger partial charge in [0, 0.05) is 6.54 Å². The summed E-state index contributed by atoms with van der Waals surface area (Å²) in [6.45, 7) is 1.82. The van der Waals surface area contributed by atoms with Crippen LogP contribution in [0.2, 0.25) is 0 Å². The topological polar surface area (TPSA) is 139 Å². The zero-order chi connectivity index (χ0) is 36.2. The Morgan fingerprint density at radius 3 is 2.14 bits per heavy atom. The fraction of sp³-hybridized carbons (Fsp3) is 0.447. The van der Waals surface area contributed by atoms with Gasteiger partial charge in [-0.05, 0) is 91.6 Å². The third kappa shape index (κ3) is 9.10. The average Bonchev–Trinajstić information content (AvgIpc) is 3.15. The lowest BCUT2D eigenvalue weighted by Gasteiger charge is -2.37. The van der Waals surface area contributed by atoms with Crippen LogP contribution in [-0.4, -0.2) is 82.6 Å². The first-order valence-corrected chi connectivity index (χ1v) is 16.6. The van der Waals surface area contributed by atoms with Gasteiger partial charge in [-0.15, -0.1) is 0 Å². The van der Waals surface area contributed by atoms with Gasteiger partial charge >= 0.3 is 11.9 Å². The molecule has 12 heteroatoms. The number of amides is 1. The monoisotopic (exact) mass is 693 g/mol. The Morgan fingerprint density at radius 1 is 0.820 bits per heavy atom. The summed E-state index contributed by atoms with van der Waals surface area (Å²) in [6.07, 6.45) is 2.65. The van der Waals surface area contributed by atoms with Crippen LogP contribution in [0, 0.1) is 0 Å². The standard InChI is InChI=1S/C38H47NO11/c1-7-28(26-21-33(46-4)36(48-6)34(22-26)47-5)37(42)39-18-9-8-13-29(39)38(43)50-30(25-11-10-12-27(20-25)49-23-35(40)41)16-14-24-15-17-31(44-2)32(19-24)45-3/h10-12,15,17,19-22,28-30H,7-9,13-14,16,18,23H2,1-6H3,(H,40,41)/t28?,29-,30?/m0/s1. The number of nitrogens with zero attached hydrogens (tertiary/aromatic N) is 1. The highest BCUT2D eigenvalue weighted by Crippen LogP contribution is 2.41. The van der Waals surface area contributed by atoms with Crippen molar-refractivity contribution in [3.63, 3.8) is 0 Å². The van der Waals surface area contributed by atoms with Gasteiger partial charge in [0.2, 0.25) is 11.7 Å². The number of carboxylic acid groups (broad SMARTS) is 1. The van der Waals surface area contributed by atoms with E-state index in [0.29, 0.717) is 77.9 Å². The minimum atomic E-state index is -1.11. The number of carbonyl (C=O) groups is 3. The van der Waals surface area contributed by atoms with Gasteiger partial charge in [-0.1, -0.05) is 25.1 Å². The number of aliphatic carboxylic acids is 1. The second-order valence-corrected chi connectivity index (χ2v) is 11.9. The molecular formula is C38H47NO11. The van der Waals surface area contributed by atoms with Gasteiger partial charge in [0.1, 0.15) is 17.9 Å². The molecule has 3 atom stereocenters. The molecule has 0 saturated carbocycles. The quantitative estimate of drug-likeness (QED) is 0.167. The summed E-state index contributed by atoms with van der Waals surface area (Å²) >= 11 is 0. The molecule has 1 saturated heterocycles. The maximum atomic E-state index is 14.3. The van der Waals surface area contributed by atoms with Gasteiger partial charge in [-0.3, -0.25) is 4.79 Å². The van der Waals surface area contributed by atoms with Crippen molar-refractivity contribution >= 4 is 17.8 Å². The van der Waals surface area contributed by atoms with E-state index in [9.17, 15) is 14.4 Å². The maximum absolute atomic E-state index is 14.3. The molecule has 0 aromatic heterocycles. The predicted octanol–water partition coefficient (Wildman–Crippen LogP) is 5.99. The molecule has 270 valence electrons. The van der Waals surface area contributed by atoms with Crippen LogP contribution in [0.5, 0.6) is 34.5 Å². The van der Waals surface area contributed by atoms with E-state index in [-0.39, 0.29) is 5.91 Å². The first-order chi connectivity index (χ1) is 24.2. The van der Waals surface area contributed by atoms with Crippen LogP contribution in [0.25, 0.3) is 0 Å². The van der Waals surface area contributed by atoms with E-state index in [1.165, 1.54) is 21.3 Å². The number of methoxy groups -OCH3 is 5. The minimum Gasteiger partial charge on any atom is -0.493 e. The molecule has 1 aliphatic heterocycles. The SMILES string of the molecule is CCC(C(=O)N1CCCC[C@H]1C(=O)OC(CCc1ccc(OC)c(OC)c1)c1cccc(OCC(=O)O)c1)c1cc(OC)c(OC)c(OC)c1. The summed E-state index contributed by atoms with van der Waals surface area (Å²) in [5.41, 5.74) is 2.27. The van der Waals surface area contributed by atoms with Crippen molar-refractivity contribution in [1.29, 1.82) is 0 Å². The number of carbonyl (C=O) groups excluding carboxylic acids is 2. The molecule has 2 unspecified atom stereocenters. The van der Waals surface area contributed by atoms with Crippen molar-refractivity contribution in [2.45, 2.75) is 63.5 Å². The summed E-state index contributed by atoms with van der Waals surface area (Å²) in [5.74, 6) is 0.454. The van der Waals surface area contributed by atoms with Crippen LogP contribution in [0.1, 0.15) is 67.7 Å². The van der Waals surface area contributed by atoms with Crippen molar-refractivity contribution in [2.75, 3.05) is 48.7 Å². The molecular weight excluding hydrogens is 646 g/mol. The lowest BCUT2D eigenvalue weighted by molar-refractivity contribution is -0.162. The van der Waals surface area contributed by atoms with E-state index in [0.717, 1.165) is 18.4 Å². The van der Waals surface area contributed by atoms with Gasteiger partial charge in [-0.2, -0.15) is 0 Å². The Balaban J connectivity index is 1.61. The number of rotatable bonds is 17. The fourth-order valence-corrected chi connectivity index (χ4v) is 6.29. The van der Waals surface area contributed by atoms with Crippen molar-refractivity contribution in [2.24, 2.45) is 0 Å². The van der Waals surface area contributed by atoms with Gasteiger partial charge in [0.05, 0.1) is 41.5 Å². The third-order valence-electron chi connectivity index (χ3n) is 8.85. The van der Waals surface area contributed by atoms with Crippen LogP contribution in [0.3, 0.4) is 0 Å². The van der Waals surface area contributed by atoms with Crippen LogP contribution in [0.4, 0.5) is 0 Å². The highest BCUT2D eigenvalue weighted by atomic mass is 16.5. The highest BCUT2D eigenvalue weighted by Gasteiger charge is 2.38. The third-order valence-corrected chi connectivity index (χ3v) is 8.85. The highest BCUT2D eigenvalue weighted by molar-refractivity contribution is 5.89. The molecule has 3 aromatic rings. The number of benzene rings is 3. The number of ether oxygens (including phenoxy) is 7. The van der Waals surface area contributed by atoms with Crippen LogP contribution in [-0.2, 0) is 25.5 Å². The fourth-order valence-electron chi connectivity index (χ4n) is 6.29. The van der Waals surface area contributed by atoms with E-state index in [2.05, 4.69) is 0 Å². The van der Waals surface area contributed by atoms with Crippen LogP contribution < -0.4 is 28.4 Å². The molecule has 0 spiro atoms. The van der Waals surface area contributed by atoms with Crippen LogP contribution >= 0.6 is 0 Å². The second-order valence-electron chi connectivity index (χ2n) is 11.9. The molecule has 3 aromatic carbocycles. The average molecular weight is 694 g/mol. The summed E-state index contributed by atoms with van der Waals surface area (Å²) in [5, 5.41) is 9.12. The molecule has 12 nitrogen and oxygen atoms in total. The van der Waals surface area contributed by atoms with E-state index >= 15 is 0 Å². The molecule has 1 heterocycles. The van der Waals surface area contributed by atoms with Crippen molar-refractivity contribution in [3.05, 3.63) is 71.3 Å². The molecule has 0 bridgehead atoms. The summed E-state index contributed by atoms with van der Waals surface area (Å²) in [6, 6.07) is 15.2. The minimum absolute atomic E-state index is 0.186. The first kappa shape index (κ1) is 37.7.